The van der Waals surface area contributed by atoms with E-state index >= 15 is 0 Å². The first-order valence-electron chi connectivity index (χ1n) is 8.10. The van der Waals surface area contributed by atoms with Crippen molar-refractivity contribution in [3.05, 3.63) is 57.5 Å². The Morgan fingerprint density at radius 3 is 2.26 bits per heavy atom. The number of anilines is 2. The number of nitrogens with one attached hydrogen (secondary N) is 2. The molecule has 142 valence electrons. The maximum atomic E-state index is 11.9. The molecule has 0 fully saturated rings. The van der Waals surface area contributed by atoms with Crippen molar-refractivity contribution in [1.29, 1.82) is 0 Å². The molecule has 0 unspecified atom stereocenters. The minimum absolute atomic E-state index is 0.0569. The number of benzene rings is 2. The molecule has 8 heteroatoms. The van der Waals surface area contributed by atoms with Gasteiger partial charge in [0.2, 0.25) is 5.91 Å². The van der Waals surface area contributed by atoms with Gasteiger partial charge < -0.3 is 15.4 Å². The van der Waals surface area contributed by atoms with Crippen molar-refractivity contribution in [2.75, 3.05) is 17.2 Å². The minimum atomic E-state index is -0.627. The van der Waals surface area contributed by atoms with Gasteiger partial charge in [0.15, 0.2) is 6.61 Å². The molecule has 2 amide bonds. The molecule has 0 aliphatic heterocycles. The summed E-state index contributed by atoms with van der Waals surface area (Å²) in [5, 5.41) is 5.80. The molecule has 0 bridgehead atoms. The topological polar surface area (TPSA) is 84.5 Å². The van der Waals surface area contributed by atoms with E-state index in [1.165, 1.54) is 0 Å². The zero-order chi connectivity index (χ0) is 19.8. The molecule has 0 saturated heterocycles. The largest absolute Gasteiger partial charge is 0.456 e. The standard InChI is InChI=1S/C19H18BrClN2O4/c1-12-2-5-15(10-16(12)21)23-17(24)8-9-19(26)27-11-18(25)22-14-6-3-13(20)4-7-14/h2-7,10H,8-9,11H2,1H3,(H,22,25)(H,23,24). The molecule has 2 aromatic rings. The van der Waals surface area contributed by atoms with Crippen LogP contribution in [0.2, 0.25) is 5.02 Å². The average molecular weight is 454 g/mol. The highest BCUT2D eigenvalue weighted by molar-refractivity contribution is 9.10. The SMILES string of the molecule is Cc1ccc(NC(=O)CCC(=O)OCC(=O)Nc2ccc(Br)cc2)cc1Cl. The first kappa shape index (κ1) is 20.9. The highest BCUT2D eigenvalue weighted by Gasteiger charge is 2.11. The second-order valence-corrected chi connectivity index (χ2v) is 7.05. The number of hydrogen-bond donors (Lipinski definition) is 2. The van der Waals surface area contributed by atoms with Gasteiger partial charge >= 0.3 is 5.97 Å². The third-order valence-electron chi connectivity index (χ3n) is 3.50. The zero-order valence-electron chi connectivity index (χ0n) is 14.6. The van der Waals surface area contributed by atoms with Crippen LogP contribution in [0, 0.1) is 6.92 Å². The molecule has 0 atom stereocenters. The number of rotatable bonds is 7. The van der Waals surface area contributed by atoms with Gasteiger partial charge in [-0.25, -0.2) is 0 Å². The number of esters is 1. The van der Waals surface area contributed by atoms with Crippen LogP contribution in [-0.4, -0.2) is 24.4 Å². The summed E-state index contributed by atoms with van der Waals surface area (Å²) in [7, 11) is 0. The molecule has 0 saturated carbocycles. The maximum absolute atomic E-state index is 11.9. The van der Waals surface area contributed by atoms with Gasteiger partial charge in [-0.2, -0.15) is 0 Å². The van der Waals surface area contributed by atoms with E-state index in [2.05, 4.69) is 26.6 Å². The number of aryl methyl sites for hydroxylation is 1. The van der Waals surface area contributed by atoms with E-state index in [4.69, 9.17) is 16.3 Å². The molecule has 0 aromatic heterocycles. The van der Waals surface area contributed by atoms with Gasteiger partial charge in [-0.3, -0.25) is 14.4 Å². The van der Waals surface area contributed by atoms with Crippen molar-refractivity contribution in [2.24, 2.45) is 0 Å². The van der Waals surface area contributed by atoms with Crippen LogP contribution >= 0.6 is 27.5 Å². The fourth-order valence-electron chi connectivity index (χ4n) is 2.06. The van der Waals surface area contributed by atoms with Crippen LogP contribution in [0.25, 0.3) is 0 Å². The van der Waals surface area contributed by atoms with Crippen LogP contribution in [0.3, 0.4) is 0 Å². The molecule has 0 spiro atoms. The highest BCUT2D eigenvalue weighted by atomic mass is 79.9. The van der Waals surface area contributed by atoms with E-state index in [0.29, 0.717) is 16.4 Å². The van der Waals surface area contributed by atoms with Crippen molar-refractivity contribution in [3.8, 4) is 0 Å². The van der Waals surface area contributed by atoms with Gasteiger partial charge in [-0.05, 0) is 48.9 Å². The molecule has 6 nitrogen and oxygen atoms in total. The first-order chi connectivity index (χ1) is 12.8. The van der Waals surface area contributed by atoms with Crippen LogP contribution in [0.1, 0.15) is 18.4 Å². The normalized spacial score (nSPS) is 10.2. The second kappa shape index (κ2) is 10.1. The van der Waals surface area contributed by atoms with E-state index in [1.807, 2.05) is 6.92 Å². The summed E-state index contributed by atoms with van der Waals surface area (Å²) in [5.74, 6) is -1.42. The number of ether oxygens (including phenoxy) is 1. The Morgan fingerprint density at radius 1 is 0.963 bits per heavy atom. The molecule has 27 heavy (non-hydrogen) atoms. The first-order valence-corrected chi connectivity index (χ1v) is 9.27. The molecule has 0 aliphatic rings. The number of carbonyl (C=O) groups excluding carboxylic acids is 3. The molecular formula is C19H18BrClN2O4. The van der Waals surface area contributed by atoms with Crippen molar-refractivity contribution in [1.82, 2.24) is 0 Å². The summed E-state index contributed by atoms with van der Waals surface area (Å²) in [6.07, 6.45) is -0.185. The summed E-state index contributed by atoms with van der Waals surface area (Å²) >= 11 is 9.29. The summed E-state index contributed by atoms with van der Waals surface area (Å²) in [6.45, 7) is 1.45. The predicted octanol–water partition coefficient (Wildman–Crippen LogP) is 4.31. The number of amides is 2. The van der Waals surface area contributed by atoms with E-state index in [0.717, 1.165) is 10.0 Å². The van der Waals surface area contributed by atoms with Gasteiger partial charge in [-0.15, -0.1) is 0 Å². The fourth-order valence-corrected chi connectivity index (χ4v) is 2.50. The Balaban J connectivity index is 1.69. The van der Waals surface area contributed by atoms with Crippen molar-refractivity contribution in [3.63, 3.8) is 0 Å². The van der Waals surface area contributed by atoms with Crippen molar-refractivity contribution in [2.45, 2.75) is 19.8 Å². The molecule has 0 heterocycles. The Bertz CT molecular complexity index is 840. The number of carbonyl (C=O) groups is 3. The molecule has 0 aliphatic carbocycles. The van der Waals surface area contributed by atoms with Gasteiger partial charge in [0, 0.05) is 27.3 Å². The van der Waals surface area contributed by atoms with Gasteiger partial charge in [-0.1, -0.05) is 33.6 Å². The van der Waals surface area contributed by atoms with Crippen LogP contribution in [0.4, 0.5) is 11.4 Å². The minimum Gasteiger partial charge on any atom is -0.456 e. The smallest absolute Gasteiger partial charge is 0.306 e. The Labute approximate surface area is 170 Å². The molecule has 0 radical (unpaired) electrons. The fraction of sp³-hybridized carbons (Fsp3) is 0.211. The van der Waals surface area contributed by atoms with Crippen LogP contribution < -0.4 is 10.6 Å². The lowest BCUT2D eigenvalue weighted by Crippen LogP contribution is -2.21. The van der Waals surface area contributed by atoms with E-state index in [9.17, 15) is 14.4 Å². The van der Waals surface area contributed by atoms with Crippen LogP contribution in [-0.2, 0) is 19.1 Å². The number of halogens is 2. The van der Waals surface area contributed by atoms with Crippen LogP contribution in [0.5, 0.6) is 0 Å². The van der Waals surface area contributed by atoms with Gasteiger partial charge in [0.05, 0.1) is 6.42 Å². The summed E-state index contributed by atoms with van der Waals surface area (Å²) in [6, 6.07) is 12.1. The average Bonchev–Trinajstić information content (AvgIpc) is 2.63. The monoisotopic (exact) mass is 452 g/mol. The molecule has 2 N–H and O–H groups in total. The Kier molecular flexibility index (Phi) is 7.82. The highest BCUT2D eigenvalue weighted by Crippen LogP contribution is 2.20. The van der Waals surface area contributed by atoms with E-state index < -0.39 is 18.5 Å². The van der Waals surface area contributed by atoms with E-state index in [-0.39, 0.29) is 18.7 Å². The summed E-state index contributed by atoms with van der Waals surface area (Å²) < 4.78 is 5.76. The third kappa shape index (κ3) is 7.40. The number of hydrogen-bond acceptors (Lipinski definition) is 4. The lowest BCUT2D eigenvalue weighted by molar-refractivity contribution is -0.147. The van der Waals surface area contributed by atoms with Crippen LogP contribution in [0.15, 0.2) is 46.9 Å². The molecular weight excluding hydrogens is 436 g/mol. The summed E-state index contributed by atoms with van der Waals surface area (Å²) in [4.78, 5) is 35.3. The quantitative estimate of drug-likeness (QED) is 0.612. The van der Waals surface area contributed by atoms with E-state index in [1.54, 1.807) is 42.5 Å². The Hall–Kier alpha value is -2.38. The van der Waals surface area contributed by atoms with Gasteiger partial charge in [0.1, 0.15) is 0 Å². The molecule has 2 aromatic carbocycles. The maximum Gasteiger partial charge on any atom is 0.306 e. The van der Waals surface area contributed by atoms with Gasteiger partial charge in [0.25, 0.3) is 5.91 Å². The predicted molar refractivity (Wildman–Crippen MR) is 108 cm³/mol. The van der Waals surface area contributed by atoms with Crippen molar-refractivity contribution >= 4 is 56.7 Å². The molecule has 2 rings (SSSR count). The third-order valence-corrected chi connectivity index (χ3v) is 4.44. The zero-order valence-corrected chi connectivity index (χ0v) is 16.9. The lowest BCUT2D eigenvalue weighted by atomic mass is 10.2. The lowest BCUT2D eigenvalue weighted by Gasteiger charge is -2.08. The van der Waals surface area contributed by atoms with Crippen molar-refractivity contribution < 1.29 is 19.1 Å². The summed E-state index contributed by atoms with van der Waals surface area (Å²) in [5.41, 5.74) is 2.05. The second-order valence-electron chi connectivity index (χ2n) is 5.73. The Morgan fingerprint density at radius 2 is 1.59 bits per heavy atom.